The van der Waals surface area contributed by atoms with E-state index in [1.54, 1.807) is 6.07 Å². The van der Waals surface area contributed by atoms with Gasteiger partial charge in [-0.2, -0.15) is 4.31 Å². The normalized spacial score (nSPS) is 22.8. The topological polar surface area (TPSA) is 57.6 Å². The summed E-state index contributed by atoms with van der Waals surface area (Å²) in [7, 11) is -3.41. The van der Waals surface area contributed by atoms with E-state index >= 15 is 0 Å². The van der Waals surface area contributed by atoms with Crippen molar-refractivity contribution in [2.24, 2.45) is 0 Å². The molecule has 1 N–H and O–H groups in total. The molecular weight excluding hydrogens is 314 g/mol. The largest absolute Gasteiger partial charge is 0.392 e. The van der Waals surface area contributed by atoms with Crippen LogP contribution in [-0.2, 0) is 10.0 Å². The van der Waals surface area contributed by atoms with Crippen molar-refractivity contribution >= 4 is 37.3 Å². The minimum absolute atomic E-state index is 0.205. The molecule has 1 aromatic rings. The van der Waals surface area contributed by atoms with E-state index in [1.165, 1.54) is 15.6 Å². The summed E-state index contributed by atoms with van der Waals surface area (Å²) >= 11 is 4.53. The van der Waals surface area contributed by atoms with Crippen molar-refractivity contribution < 1.29 is 13.5 Å². The maximum absolute atomic E-state index is 12.1. The van der Waals surface area contributed by atoms with Gasteiger partial charge in [0.05, 0.1) is 9.89 Å². The number of thiophene rings is 1. The molecule has 0 spiro atoms. The molecule has 0 radical (unpaired) electrons. The van der Waals surface area contributed by atoms with Crippen LogP contribution in [0.4, 0.5) is 0 Å². The minimum atomic E-state index is -3.41. The van der Waals surface area contributed by atoms with E-state index in [9.17, 15) is 13.5 Å². The molecule has 16 heavy (non-hydrogen) atoms. The number of nitrogens with zero attached hydrogens (tertiary/aromatic N) is 1. The van der Waals surface area contributed by atoms with Crippen LogP contribution >= 0.6 is 27.3 Å². The molecule has 0 saturated carbocycles. The van der Waals surface area contributed by atoms with Crippen molar-refractivity contribution in [2.75, 3.05) is 13.1 Å². The van der Waals surface area contributed by atoms with Gasteiger partial charge in [-0.25, -0.2) is 8.42 Å². The molecule has 90 valence electrons. The molecule has 0 bridgehead atoms. The standard InChI is InChI=1S/C9H12BrNO3S2/c1-6-4-8(15-9(6)10)16(13,14)11-3-2-7(12)5-11/h4,7,12H,2-3,5H2,1H3/t7-/m1/s1. The Morgan fingerprint density at radius 3 is 2.75 bits per heavy atom. The molecule has 1 fully saturated rings. The zero-order valence-corrected chi connectivity index (χ0v) is 11.9. The molecule has 0 amide bonds. The molecule has 1 saturated heterocycles. The molecule has 1 aliphatic heterocycles. The zero-order chi connectivity index (χ0) is 11.9. The van der Waals surface area contributed by atoms with E-state index in [0.717, 1.165) is 9.35 Å². The fourth-order valence-corrected chi connectivity index (χ4v) is 5.49. The van der Waals surface area contributed by atoms with Gasteiger partial charge in [0, 0.05) is 13.1 Å². The predicted octanol–water partition coefficient (Wildman–Crippen LogP) is 1.57. The number of hydrogen-bond acceptors (Lipinski definition) is 4. The Morgan fingerprint density at radius 1 is 1.62 bits per heavy atom. The Hall–Kier alpha value is 0.0500. The molecule has 0 aliphatic carbocycles. The summed E-state index contributed by atoms with van der Waals surface area (Å²) in [6.07, 6.45) is -0.00984. The molecule has 1 aromatic heterocycles. The lowest BCUT2D eigenvalue weighted by molar-refractivity contribution is 0.189. The van der Waals surface area contributed by atoms with Crippen molar-refractivity contribution in [1.82, 2.24) is 4.31 Å². The fraction of sp³-hybridized carbons (Fsp3) is 0.556. The lowest BCUT2D eigenvalue weighted by Crippen LogP contribution is -2.29. The van der Waals surface area contributed by atoms with Gasteiger partial charge in [0.1, 0.15) is 4.21 Å². The number of aliphatic hydroxyl groups excluding tert-OH is 1. The number of β-amino-alcohol motifs (C(OH)–C–C–N with tert-alkyl or cyclic N) is 1. The van der Waals surface area contributed by atoms with Gasteiger partial charge < -0.3 is 5.11 Å². The maximum Gasteiger partial charge on any atom is 0.252 e. The quantitative estimate of drug-likeness (QED) is 0.898. The smallest absolute Gasteiger partial charge is 0.252 e. The molecule has 2 heterocycles. The second-order valence-electron chi connectivity index (χ2n) is 3.83. The second kappa shape index (κ2) is 4.38. The minimum Gasteiger partial charge on any atom is -0.392 e. The van der Waals surface area contributed by atoms with E-state index < -0.39 is 16.1 Å². The van der Waals surface area contributed by atoms with Crippen molar-refractivity contribution in [3.8, 4) is 0 Å². The van der Waals surface area contributed by atoms with E-state index in [1.807, 2.05) is 6.92 Å². The average Bonchev–Trinajstić information content (AvgIpc) is 2.75. The van der Waals surface area contributed by atoms with Crippen LogP contribution in [0.3, 0.4) is 0 Å². The van der Waals surface area contributed by atoms with E-state index in [-0.39, 0.29) is 6.54 Å². The molecular formula is C9H12BrNO3S2. The summed E-state index contributed by atoms with van der Waals surface area (Å²) in [5, 5.41) is 9.36. The molecule has 7 heteroatoms. The third kappa shape index (κ3) is 2.19. The van der Waals surface area contributed by atoms with Crippen LogP contribution in [0.2, 0.25) is 0 Å². The van der Waals surface area contributed by atoms with Gasteiger partial charge in [0.15, 0.2) is 0 Å². The Balaban J connectivity index is 2.32. The Kier molecular flexibility index (Phi) is 3.42. The monoisotopic (exact) mass is 325 g/mol. The van der Waals surface area contributed by atoms with E-state index in [0.29, 0.717) is 17.2 Å². The number of hydrogen-bond donors (Lipinski definition) is 1. The molecule has 2 rings (SSSR count). The van der Waals surface area contributed by atoms with Crippen molar-refractivity contribution in [3.05, 3.63) is 15.4 Å². The summed E-state index contributed by atoms with van der Waals surface area (Å²) in [6, 6.07) is 1.66. The van der Waals surface area contributed by atoms with Crippen LogP contribution in [0.1, 0.15) is 12.0 Å². The van der Waals surface area contributed by atoms with Crippen molar-refractivity contribution in [1.29, 1.82) is 0 Å². The maximum atomic E-state index is 12.1. The SMILES string of the molecule is Cc1cc(S(=O)(=O)N2CC[C@@H](O)C2)sc1Br. The first-order chi connectivity index (χ1) is 7.41. The molecule has 4 nitrogen and oxygen atoms in total. The number of halogens is 1. The van der Waals surface area contributed by atoms with Gasteiger partial charge >= 0.3 is 0 Å². The highest BCUT2D eigenvalue weighted by atomic mass is 79.9. The number of aliphatic hydroxyl groups is 1. The molecule has 1 aliphatic rings. The summed E-state index contributed by atoms with van der Waals surface area (Å²) in [5.41, 5.74) is 0.920. The lowest BCUT2D eigenvalue weighted by Gasteiger charge is -2.13. The van der Waals surface area contributed by atoms with Crippen LogP contribution in [0.5, 0.6) is 0 Å². The number of sulfonamides is 1. The molecule has 0 unspecified atom stereocenters. The highest BCUT2D eigenvalue weighted by Crippen LogP contribution is 2.33. The van der Waals surface area contributed by atoms with Crippen molar-refractivity contribution in [2.45, 2.75) is 23.7 Å². The Morgan fingerprint density at radius 2 is 2.31 bits per heavy atom. The van der Waals surface area contributed by atoms with Crippen LogP contribution in [0.25, 0.3) is 0 Å². The van der Waals surface area contributed by atoms with E-state index in [2.05, 4.69) is 15.9 Å². The van der Waals surface area contributed by atoms with Crippen LogP contribution in [0.15, 0.2) is 14.1 Å². The highest BCUT2D eigenvalue weighted by Gasteiger charge is 2.32. The Bertz CT molecular complexity index is 477. The van der Waals surface area contributed by atoms with Gasteiger partial charge in [-0.15, -0.1) is 11.3 Å². The molecule has 1 atom stereocenters. The summed E-state index contributed by atoms with van der Waals surface area (Å²) < 4.78 is 26.8. The van der Waals surface area contributed by atoms with Gasteiger partial charge in [-0.1, -0.05) is 0 Å². The third-order valence-electron chi connectivity index (χ3n) is 2.55. The van der Waals surface area contributed by atoms with Crippen LogP contribution in [-0.4, -0.2) is 37.0 Å². The van der Waals surface area contributed by atoms with Gasteiger partial charge in [-0.05, 0) is 40.9 Å². The lowest BCUT2D eigenvalue weighted by atomic mass is 10.3. The number of rotatable bonds is 2. The first kappa shape index (κ1) is 12.5. The highest BCUT2D eigenvalue weighted by molar-refractivity contribution is 9.11. The third-order valence-corrected chi connectivity index (χ3v) is 7.01. The fourth-order valence-electron chi connectivity index (χ4n) is 1.62. The van der Waals surface area contributed by atoms with Crippen LogP contribution < -0.4 is 0 Å². The Labute approximate surface area is 107 Å². The first-order valence-electron chi connectivity index (χ1n) is 4.85. The predicted molar refractivity (Wildman–Crippen MR) is 66.1 cm³/mol. The summed E-state index contributed by atoms with van der Waals surface area (Å²) in [4.78, 5) is 0. The molecule has 0 aromatic carbocycles. The van der Waals surface area contributed by atoms with E-state index in [4.69, 9.17) is 0 Å². The first-order valence-corrected chi connectivity index (χ1v) is 7.90. The van der Waals surface area contributed by atoms with Gasteiger partial charge in [0.25, 0.3) is 10.0 Å². The average molecular weight is 326 g/mol. The summed E-state index contributed by atoms with van der Waals surface area (Å²) in [5.74, 6) is 0. The van der Waals surface area contributed by atoms with Crippen LogP contribution in [0, 0.1) is 6.92 Å². The number of aryl methyl sites for hydroxylation is 1. The van der Waals surface area contributed by atoms with Crippen molar-refractivity contribution in [3.63, 3.8) is 0 Å². The summed E-state index contributed by atoms with van der Waals surface area (Å²) in [6.45, 7) is 2.47. The van der Waals surface area contributed by atoms with Gasteiger partial charge in [0.2, 0.25) is 0 Å². The second-order valence-corrected chi connectivity index (χ2v) is 8.36. The zero-order valence-electron chi connectivity index (χ0n) is 8.68. The van der Waals surface area contributed by atoms with Gasteiger partial charge in [-0.3, -0.25) is 0 Å².